The van der Waals surface area contributed by atoms with E-state index in [2.05, 4.69) is 5.32 Å². The van der Waals surface area contributed by atoms with Gasteiger partial charge in [0.2, 0.25) is 5.91 Å². The number of carbonyl (C=O) groups excluding carboxylic acids is 2. The van der Waals surface area contributed by atoms with Gasteiger partial charge in [-0.05, 0) is 26.2 Å². The third-order valence-electron chi connectivity index (χ3n) is 13.0. The molecule has 21 nitrogen and oxygen atoms in total. The number of cyclic esters (lactones) is 1. The fourth-order valence-corrected chi connectivity index (χ4v) is 8.35. The van der Waals surface area contributed by atoms with Crippen LogP contribution in [-0.2, 0) is 28.5 Å². The third kappa shape index (κ3) is 20.3. The number of allylic oxidation sites excluding steroid dienone is 12. The lowest BCUT2D eigenvalue weighted by molar-refractivity contribution is -0.304. The van der Waals surface area contributed by atoms with Crippen LogP contribution in [0.5, 0.6) is 0 Å². The summed E-state index contributed by atoms with van der Waals surface area (Å²) < 4.78 is 23.2. The van der Waals surface area contributed by atoms with Gasteiger partial charge >= 0.3 is 5.97 Å². The second-order valence-electron chi connectivity index (χ2n) is 19.0. The van der Waals surface area contributed by atoms with E-state index in [0.29, 0.717) is 0 Å². The van der Waals surface area contributed by atoms with Crippen LogP contribution in [0.4, 0.5) is 0 Å². The molecule has 0 aromatic rings. The van der Waals surface area contributed by atoms with Crippen LogP contribution in [0.1, 0.15) is 72.1 Å². The zero-order chi connectivity index (χ0) is 52.9. The molecule has 0 spiro atoms. The molecule has 3 heterocycles. The quantitative estimate of drug-likeness (QED) is 0.124. The molecule has 21 heteroatoms. The van der Waals surface area contributed by atoms with Gasteiger partial charge in [-0.25, -0.2) is 0 Å². The van der Waals surface area contributed by atoms with Crippen molar-refractivity contribution in [1.29, 1.82) is 0 Å². The van der Waals surface area contributed by atoms with Crippen molar-refractivity contribution in [3.05, 3.63) is 85.1 Å². The lowest BCUT2D eigenvalue weighted by Crippen LogP contribution is -2.63. The number of rotatable bonds is 7. The number of carbonyl (C=O) groups is 2. The van der Waals surface area contributed by atoms with Gasteiger partial charge in [-0.1, -0.05) is 98.9 Å². The number of hydrogen-bond donors (Lipinski definition) is 15. The number of fused-ring (bicyclic) bond motifs is 2. The fraction of sp³-hybridized carbons (Fsp3) is 0.680. The first-order chi connectivity index (χ1) is 33.6. The second-order valence-corrected chi connectivity index (χ2v) is 19.0. The van der Waals surface area contributed by atoms with Crippen molar-refractivity contribution in [3.63, 3.8) is 0 Å². The van der Waals surface area contributed by atoms with E-state index in [1.165, 1.54) is 6.08 Å². The fourth-order valence-electron chi connectivity index (χ4n) is 8.35. The molecule has 2 saturated heterocycles. The summed E-state index contributed by atoms with van der Waals surface area (Å²) in [5.41, 5.74) is 4.05. The highest BCUT2D eigenvalue weighted by Crippen LogP contribution is 2.38. The highest BCUT2D eigenvalue weighted by molar-refractivity contribution is 5.81. The van der Waals surface area contributed by atoms with Gasteiger partial charge in [0, 0.05) is 37.5 Å². The van der Waals surface area contributed by atoms with Crippen molar-refractivity contribution in [1.82, 2.24) is 5.32 Å². The van der Waals surface area contributed by atoms with Crippen molar-refractivity contribution < 1.29 is 94.9 Å². The molecule has 0 radical (unpaired) electrons. The van der Waals surface area contributed by atoms with Crippen LogP contribution < -0.4 is 11.1 Å². The zero-order valence-electron chi connectivity index (χ0n) is 40.7. The van der Waals surface area contributed by atoms with E-state index in [-0.39, 0.29) is 38.2 Å². The van der Waals surface area contributed by atoms with Crippen LogP contribution in [-0.4, -0.2) is 202 Å². The molecule has 0 aromatic carbocycles. The van der Waals surface area contributed by atoms with Gasteiger partial charge in [0.05, 0.1) is 106 Å². The van der Waals surface area contributed by atoms with Crippen molar-refractivity contribution >= 4 is 11.9 Å². The SMILES string of the molecule is C[C@@H]1[C@H](O)[C@@H](C)/C=C/C=C/C=C/C=C/C=C/C=C/C=C/C(O[C@@H]2OC[C@@H](O)[C@H](N)[C@H]2O)C[C@@H]2OC(O)(C[C@@H](O)C[C@@H](O)[C@H](O)CC[C@@H](O)C[C@@H](O)CC(=O)O[C@H]1C)C[C@H](O)C2C(=O)NC(CO)(CO)CO. The summed E-state index contributed by atoms with van der Waals surface area (Å²) in [5, 5.41) is 142. The second kappa shape index (κ2) is 30.6. The molecule has 404 valence electrons. The maximum Gasteiger partial charge on any atom is 0.308 e. The maximum absolute atomic E-state index is 13.9. The lowest BCUT2D eigenvalue weighted by Gasteiger charge is -2.46. The Morgan fingerprint density at radius 3 is 1.85 bits per heavy atom. The molecule has 18 atom stereocenters. The van der Waals surface area contributed by atoms with E-state index in [9.17, 15) is 76.0 Å². The number of aliphatic hydroxyl groups is 13. The summed E-state index contributed by atoms with van der Waals surface area (Å²) in [6.07, 6.45) is 3.19. The van der Waals surface area contributed by atoms with Crippen LogP contribution in [0.2, 0.25) is 0 Å². The van der Waals surface area contributed by atoms with Gasteiger partial charge in [-0.2, -0.15) is 0 Å². The molecule has 3 unspecified atom stereocenters. The molecule has 2 bridgehead atoms. The molecule has 0 saturated carbocycles. The van der Waals surface area contributed by atoms with Crippen molar-refractivity contribution in [2.45, 2.75) is 169 Å². The van der Waals surface area contributed by atoms with Crippen LogP contribution in [0.25, 0.3) is 0 Å². The first kappa shape index (κ1) is 61.7. The highest BCUT2D eigenvalue weighted by atomic mass is 16.7. The van der Waals surface area contributed by atoms with Gasteiger partial charge in [0.25, 0.3) is 0 Å². The Labute approximate surface area is 415 Å². The minimum absolute atomic E-state index is 0.137. The Morgan fingerprint density at radius 2 is 1.27 bits per heavy atom. The molecule has 3 aliphatic heterocycles. The summed E-state index contributed by atoms with van der Waals surface area (Å²) in [6.45, 7) is 2.15. The Hall–Kier alpha value is -3.56. The van der Waals surface area contributed by atoms with Gasteiger partial charge < -0.3 is 96.4 Å². The molecule has 0 aliphatic carbocycles. The summed E-state index contributed by atoms with van der Waals surface area (Å²) in [4.78, 5) is 26.6. The lowest BCUT2D eigenvalue weighted by atomic mass is 9.81. The molecule has 0 aromatic heterocycles. The molecule has 71 heavy (non-hydrogen) atoms. The average Bonchev–Trinajstić information content (AvgIpc) is 3.31. The molecule has 3 rings (SSSR count). The average molecular weight is 1010 g/mol. The monoisotopic (exact) mass is 1010 g/mol. The molecule has 1 amide bonds. The smallest absolute Gasteiger partial charge is 0.308 e. The number of esters is 1. The number of ether oxygens (including phenoxy) is 4. The summed E-state index contributed by atoms with van der Waals surface area (Å²) >= 11 is 0. The normalized spacial score (nSPS) is 41.8. The predicted molar refractivity (Wildman–Crippen MR) is 257 cm³/mol. The summed E-state index contributed by atoms with van der Waals surface area (Å²) in [6, 6.07) is -1.18. The molecule has 3 aliphatic rings. The largest absolute Gasteiger partial charge is 0.462 e. The molecule has 2 fully saturated rings. The number of aliphatic hydroxyl groups excluding tert-OH is 12. The molecular weight excluding hydrogens is 933 g/mol. The van der Waals surface area contributed by atoms with Crippen LogP contribution >= 0.6 is 0 Å². The Morgan fingerprint density at radius 1 is 0.704 bits per heavy atom. The van der Waals surface area contributed by atoms with Gasteiger partial charge in [0.1, 0.15) is 17.7 Å². The predicted octanol–water partition coefficient (Wildman–Crippen LogP) is -1.93. The minimum Gasteiger partial charge on any atom is -0.462 e. The number of hydrogen-bond acceptors (Lipinski definition) is 20. The third-order valence-corrected chi connectivity index (χ3v) is 13.0. The highest BCUT2D eigenvalue weighted by Gasteiger charge is 2.51. The van der Waals surface area contributed by atoms with E-state index < -0.39 is 166 Å². The van der Waals surface area contributed by atoms with Gasteiger partial charge in [0.15, 0.2) is 12.1 Å². The number of nitrogens with two attached hydrogens (primary N) is 1. The zero-order valence-corrected chi connectivity index (χ0v) is 40.7. The topological polar surface area (TPSA) is 372 Å². The van der Waals surface area contributed by atoms with Crippen LogP contribution in [0.15, 0.2) is 85.1 Å². The van der Waals surface area contributed by atoms with Crippen molar-refractivity contribution in [3.8, 4) is 0 Å². The van der Waals surface area contributed by atoms with E-state index in [0.717, 1.165) is 0 Å². The maximum atomic E-state index is 13.9. The first-order valence-corrected chi connectivity index (χ1v) is 24.2. The first-order valence-electron chi connectivity index (χ1n) is 24.2. The number of nitrogens with one attached hydrogen (secondary N) is 1. The van der Waals surface area contributed by atoms with Crippen molar-refractivity contribution in [2.24, 2.45) is 23.5 Å². The molecule has 16 N–H and O–H groups in total. The van der Waals surface area contributed by atoms with Gasteiger partial charge in [-0.3, -0.25) is 9.59 Å². The van der Waals surface area contributed by atoms with Crippen LogP contribution in [0, 0.1) is 17.8 Å². The summed E-state index contributed by atoms with van der Waals surface area (Å²) in [5.74, 6) is -6.54. The summed E-state index contributed by atoms with van der Waals surface area (Å²) in [7, 11) is 0. The van der Waals surface area contributed by atoms with E-state index in [4.69, 9.17) is 24.7 Å². The van der Waals surface area contributed by atoms with Crippen molar-refractivity contribution in [2.75, 3.05) is 26.4 Å². The Kier molecular flexibility index (Phi) is 26.6. The Balaban J connectivity index is 1.96. The van der Waals surface area contributed by atoms with E-state index in [1.54, 1.807) is 86.8 Å². The Bertz CT molecular complexity index is 1800. The van der Waals surface area contributed by atoms with Gasteiger partial charge in [-0.15, -0.1) is 0 Å². The van der Waals surface area contributed by atoms with E-state index >= 15 is 0 Å². The molecular formula is C50H80N2O19. The van der Waals surface area contributed by atoms with E-state index in [1.807, 2.05) is 13.0 Å². The van der Waals surface area contributed by atoms with Crippen LogP contribution in [0.3, 0.4) is 0 Å². The number of amides is 1. The standard InChI is InChI=1S/C50H80N2O19/c1-30-16-14-12-10-8-6-4-5-7-9-11-13-15-17-36(70-48-46(65)44(51)40(62)26-68-48)23-41-43(47(66)52-49(27-53,28-54)29-55)39(61)25-50(67,71-41)24-35(58)21-38(60)37(59)19-18-33(56)20-34(57)22-42(63)69-32(3)31(2)45(30)64/h4-17,30-41,43-46,48,53-62,64-65,67H,18-29,51H2,1-3H3,(H,52,66)/b5-4+,8-6+,9-7+,12-10+,13-11+,16-14+,17-15+/t30-,31-,32-,33+,34+,35-,36?,37+,38+,39-,40+,41-,43?,44-,45+,46+,48-,50?/m0/s1. The minimum atomic E-state index is -2.41.